The molecule has 0 radical (unpaired) electrons. The molecule has 1 fully saturated rings. The van der Waals surface area contributed by atoms with E-state index in [1.807, 2.05) is 0 Å². The number of nitrogens with zero attached hydrogens (tertiary/aromatic N) is 1. The lowest BCUT2D eigenvalue weighted by atomic mass is 10.0. The first-order valence-electron chi connectivity index (χ1n) is 6.81. The highest BCUT2D eigenvalue weighted by Crippen LogP contribution is 2.27. The topological polar surface area (TPSA) is 83.6 Å². The molecule has 0 bridgehead atoms. The average Bonchev–Trinajstić information content (AvgIpc) is 2.73. The largest absolute Gasteiger partial charge is 0.392 e. The fourth-order valence-electron chi connectivity index (χ4n) is 2.47. The van der Waals surface area contributed by atoms with Gasteiger partial charge in [0.15, 0.2) is 0 Å². The summed E-state index contributed by atoms with van der Waals surface area (Å²) in [5, 5.41) is 9.75. The molecule has 2 atom stereocenters. The Morgan fingerprint density at radius 3 is 2.56 bits per heavy atom. The highest BCUT2D eigenvalue weighted by molar-refractivity contribution is 5.85. The van der Waals surface area contributed by atoms with Crippen LogP contribution in [0.1, 0.15) is 45.4 Å². The zero-order valence-electron chi connectivity index (χ0n) is 11.1. The average molecular weight is 256 g/mol. The van der Waals surface area contributed by atoms with Crippen molar-refractivity contribution < 1.29 is 14.7 Å². The summed E-state index contributed by atoms with van der Waals surface area (Å²) in [4.78, 5) is 24.8. The SMILES string of the molecule is CCCCCN(CC(N)=O)C(=O)C1CCCC1O. The minimum Gasteiger partial charge on any atom is -0.392 e. The van der Waals surface area contributed by atoms with E-state index in [0.29, 0.717) is 19.4 Å². The molecule has 0 aromatic rings. The van der Waals surface area contributed by atoms with Gasteiger partial charge in [0.2, 0.25) is 11.8 Å². The lowest BCUT2D eigenvalue weighted by Gasteiger charge is -2.25. The number of aliphatic hydroxyl groups is 1. The number of hydrogen-bond donors (Lipinski definition) is 2. The van der Waals surface area contributed by atoms with Crippen LogP contribution < -0.4 is 5.73 Å². The number of nitrogens with two attached hydrogens (primary N) is 1. The van der Waals surface area contributed by atoms with Gasteiger partial charge in [-0.15, -0.1) is 0 Å². The van der Waals surface area contributed by atoms with Crippen LogP contribution in [0.4, 0.5) is 0 Å². The maximum Gasteiger partial charge on any atom is 0.237 e. The van der Waals surface area contributed by atoms with Crippen LogP contribution in [-0.4, -0.2) is 41.0 Å². The van der Waals surface area contributed by atoms with Crippen molar-refractivity contribution >= 4 is 11.8 Å². The molecule has 0 heterocycles. The Hall–Kier alpha value is -1.10. The van der Waals surface area contributed by atoms with E-state index in [1.54, 1.807) is 0 Å². The van der Waals surface area contributed by atoms with Gasteiger partial charge in [0.25, 0.3) is 0 Å². The molecule has 0 aliphatic heterocycles. The summed E-state index contributed by atoms with van der Waals surface area (Å²) in [5.41, 5.74) is 5.17. The summed E-state index contributed by atoms with van der Waals surface area (Å²) in [5.74, 6) is -0.951. The Balaban J connectivity index is 2.56. The van der Waals surface area contributed by atoms with Crippen molar-refractivity contribution in [2.45, 2.75) is 51.6 Å². The number of amides is 2. The monoisotopic (exact) mass is 256 g/mol. The number of unbranched alkanes of at least 4 members (excludes halogenated alkanes) is 2. The highest BCUT2D eigenvalue weighted by Gasteiger charge is 2.34. The number of hydrogen-bond acceptors (Lipinski definition) is 3. The molecule has 2 unspecified atom stereocenters. The molecule has 0 aromatic carbocycles. The molecule has 0 spiro atoms. The van der Waals surface area contributed by atoms with E-state index < -0.39 is 12.0 Å². The van der Waals surface area contributed by atoms with E-state index in [0.717, 1.165) is 25.7 Å². The Bertz CT molecular complexity index is 294. The third kappa shape index (κ3) is 4.29. The van der Waals surface area contributed by atoms with Crippen LogP contribution in [0.2, 0.25) is 0 Å². The molecule has 3 N–H and O–H groups in total. The number of primary amides is 1. The fourth-order valence-corrected chi connectivity index (χ4v) is 2.47. The van der Waals surface area contributed by atoms with Crippen LogP contribution in [0.25, 0.3) is 0 Å². The molecule has 1 rings (SSSR count). The van der Waals surface area contributed by atoms with Crippen molar-refractivity contribution in [1.29, 1.82) is 0 Å². The van der Waals surface area contributed by atoms with Crippen molar-refractivity contribution in [2.24, 2.45) is 11.7 Å². The molecule has 5 heteroatoms. The molecule has 0 aromatic heterocycles. The number of aliphatic hydroxyl groups excluding tert-OH is 1. The van der Waals surface area contributed by atoms with Crippen LogP contribution in [0.15, 0.2) is 0 Å². The van der Waals surface area contributed by atoms with Crippen LogP contribution in [0.3, 0.4) is 0 Å². The Kier molecular flexibility index (Phi) is 6.12. The van der Waals surface area contributed by atoms with Crippen LogP contribution in [-0.2, 0) is 9.59 Å². The predicted octanol–water partition coefficient (Wildman–Crippen LogP) is 0.651. The van der Waals surface area contributed by atoms with Gasteiger partial charge < -0.3 is 15.7 Å². The van der Waals surface area contributed by atoms with Gasteiger partial charge in [-0.1, -0.05) is 19.8 Å². The van der Waals surface area contributed by atoms with E-state index in [-0.39, 0.29) is 18.4 Å². The van der Waals surface area contributed by atoms with Gasteiger partial charge in [0, 0.05) is 6.54 Å². The third-order valence-electron chi connectivity index (χ3n) is 3.49. The predicted molar refractivity (Wildman–Crippen MR) is 68.6 cm³/mol. The first kappa shape index (κ1) is 15.0. The maximum absolute atomic E-state index is 12.2. The summed E-state index contributed by atoms with van der Waals surface area (Å²) < 4.78 is 0. The number of carbonyl (C=O) groups is 2. The summed E-state index contributed by atoms with van der Waals surface area (Å²) in [7, 11) is 0. The minimum atomic E-state index is -0.556. The summed E-state index contributed by atoms with van der Waals surface area (Å²) in [6, 6.07) is 0. The zero-order valence-corrected chi connectivity index (χ0v) is 11.1. The van der Waals surface area contributed by atoms with Crippen molar-refractivity contribution in [3.63, 3.8) is 0 Å². The molecule has 5 nitrogen and oxygen atoms in total. The first-order chi connectivity index (χ1) is 8.56. The van der Waals surface area contributed by atoms with Gasteiger partial charge in [0.1, 0.15) is 0 Å². The second-order valence-electron chi connectivity index (χ2n) is 5.04. The summed E-state index contributed by atoms with van der Waals surface area (Å²) in [6.45, 7) is 2.60. The zero-order chi connectivity index (χ0) is 13.5. The third-order valence-corrected chi connectivity index (χ3v) is 3.49. The molecular weight excluding hydrogens is 232 g/mol. The van der Waals surface area contributed by atoms with Gasteiger partial charge in [-0.3, -0.25) is 9.59 Å². The van der Waals surface area contributed by atoms with Crippen LogP contribution in [0, 0.1) is 5.92 Å². The summed E-state index contributed by atoms with van der Waals surface area (Å²) in [6.07, 6.45) is 4.66. The Labute approximate surface area is 108 Å². The van der Waals surface area contributed by atoms with E-state index in [2.05, 4.69) is 6.92 Å². The van der Waals surface area contributed by atoms with E-state index in [1.165, 1.54) is 4.90 Å². The Morgan fingerprint density at radius 2 is 2.06 bits per heavy atom. The van der Waals surface area contributed by atoms with Gasteiger partial charge in [0.05, 0.1) is 18.6 Å². The molecule has 1 aliphatic rings. The van der Waals surface area contributed by atoms with Crippen molar-refractivity contribution in [2.75, 3.05) is 13.1 Å². The van der Waals surface area contributed by atoms with Crippen molar-refractivity contribution in [3.8, 4) is 0 Å². The van der Waals surface area contributed by atoms with Gasteiger partial charge >= 0.3 is 0 Å². The molecule has 1 saturated carbocycles. The molecular formula is C13H24N2O3. The lowest BCUT2D eigenvalue weighted by molar-refractivity contribution is -0.141. The number of rotatable bonds is 7. The second kappa shape index (κ2) is 7.36. The lowest BCUT2D eigenvalue weighted by Crippen LogP contribution is -2.44. The molecule has 18 heavy (non-hydrogen) atoms. The summed E-state index contributed by atoms with van der Waals surface area (Å²) >= 11 is 0. The standard InChI is InChI=1S/C13H24N2O3/c1-2-3-4-8-15(9-12(14)17)13(18)10-6-5-7-11(10)16/h10-11,16H,2-9H2,1H3,(H2,14,17). The molecule has 104 valence electrons. The Morgan fingerprint density at radius 1 is 1.33 bits per heavy atom. The van der Waals surface area contributed by atoms with Crippen LogP contribution >= 0.6 is 0 Å². The van der Waals surface area contributed by atoms with E-state index in [9.17, 15) is 14.7 Å². The van der Waals surface area contributed by atoms with Crippen molar-refractivity contribution in [1.82, 2.24) is 4.90 Å². The molecule has 2 amide bonds. The highest BCUT2D eigenvalue weighted by atomic mass is 16.3. The normalized spacial score (nSPS) is 23.0. The fraction of sp³-hybridized carbons (Fsp3) is 0.846. The van der Waals surface area contributed by atoms with E-state index in [4.69, 9.17) is 5.73 Å². The van der Waals surface area contributed by atoms with Crippen LogP contribution in [0.5, 0.6) is 0 Å². The van der Waals surface area contributed by atoms with Crippen molar-refractivity contribution in [3.05, 3.63) is 0 Å². The van der Waals surface area contributed by atoms with E-state index >= 15 is 0 Å². The smallest absolute Gasteiger partial charge is 0.237 e. The minimum absolute atomic E-state index is 0.0359. The molecule has 0 saturated heterocycles. The maximum atomic E-state index is 12.2. The molecule has 1 aliphatic carbocycles. The van der Waals surface area contributed by atoms with Gasteiger partial charge in [-0.05, 0) is 25.7 Å². The van der Waals surface area contributed by atoms with Gasteiger partial charge in [-0.2, -0.15) is 0 Å². The quantitative estimate of drug-likeness (QED) is 0.656. The number of carbonyl (C=O) groups excluding carboxylic acids is 2. The second-order valence-corrected chi connectivity index (χ2v) is 5.04. The van der Waals surface area contributed by atoms with Gasteiger partial charge in [-0.25, -0.2) is 0 Å². The first-order valence-corrected chi connectivity index (χ1v) is 6.81.